The van der Waals surface area contributed by atoms with Crippen LogP contribution in [-0.2, 0) is 4.79 Å². The highest BCUT2D eigenvalue weighted by molar-refractivity contribution is 7.81. The Morgan fingerprint density at radius 3 is 1.44 bits per heavy atom. The zero-order valence-electron chi connectivity index (χ0n) is 11.0. The molecular weight excluding hydrogens is 216 g/mol. The fourth-order valence-electron chi connectivity index (χ4n) is 1.72. The van der Waals surface area contributed by atoms with Crippen molar-refractivity contribution < 1.29 is 4.79 Å². The highest BCUT2D eigenvalue weighted by atomic mass is 32.1. The smallest absolute Gasteiger partial charge is 0.179 e. The average molecular weight is 236 g/mol. The van der Waals surface area contributed by atoms with Crippen molar-refractivity contribution in [2.45, 2.75) is 41.5 Å². The lowest BCUT2D eigenvalue weighted by Gasteiger charge is -2.32. The summed E-state index contributed by atoms with van der Waals surface area (Å²) in [5.74, 6) is 0.0588. The number of carbonyl (C=O) groups excluding carboxylic acids is 1. The quantitative estimate of drug-likeness (QED) is 0.594. The highest BCUT2D eigenvalue weighted by Gasteiger charge is 2.31. The molecule has 0 atom stereocenters. The van der Waals surface area contributed by atoms with Crippen LogP contribution in [0.1, 0.15) is 41.5 Å². The molecule has 0 saturated heterocycles. The summed E-state index contributed by atoms with van der Waals surface area (Å²) in [6.45, 7) is 12.5. The van der Waals surface area contributed by atoms with E-state index in [1.165, 1.54) is 0 Å². The van der Waals surface area contributed by atoms with E-state index < -0.39 is 0 Å². The third kappa shape index (κ3) is 2.67. The maximum atomic E-state index is 11.7. The van der Waals surface area contributed by atoms with Gasteiger partial charge in [-0.1, -0.05) is 53.8 Å². The summed E-state index contributed by atoms with van der Waals surface area (Å²) in [5, 5.41) is 0. The fourth-order valence-corrected chi connectivity index (χ4v) is 2.45. The Morgan fingerprint density at radius 2 is 1.19 bits per heavy atom. The summed E-state index contributed by atoms with van der Waals surface area (Å²) in [6, 6.07) is 0. The van der Waals surface area contributed by atoms with E-state index in [-0.39, 0.29) is 16.6 Å². The van der Waals surface area contributed by atoms with Gasteiger partial charge in [-0.05, 0) is 34.1 Å². The van der Waals surface area contributed by atoms with Crippen molar-refractivity contribution >= 4 is 22.9 Å². The van der Waals surface area contributed by atoms with Crippen LogP contribution in [0.3, 0.4) is 0 Å². The van der Waals surface area contributed by atoms with Crippen molar-refractivity contribution in [3.05, 3.63) is 23.3 Å². The van der Waals surface area contributed by atoms with Crippen LogP contribution in [0.4, 0.5) is 0 Å². The van der Waals surface area contributed by atoms with E-state index in [1.54, 1.807) is 12.2 Å². The molecule has 0 heterocycles. The van der Waals surface area contributed by atoms with Crippen molar-refractivity contribution in [3.8, 4) is 0 Å². The minimum Gasteiger partial charge on any atom is -0.290 e. The molecule has 0 unspecified atom stereocenters. The number of thiocarbonyl (C=S) groups is 1. The molecule has 0 saturated carbocycles. The van der Waals surface area contributed by atoms with Crippen LogP contribution >= 0.6 is 12.2 Å². The van der Waals surface area contributed by atoms with Crippen LogP contribution in [-0.4, -0.2) is 10.6 Å². The van der Waals surface area contributed by atoms with Gasteiger partial charge < -0.3 is 0 Å². The van der Waals surface area contributed by atoms with E-state index in [0.717, 1.165) is 16.0 Å². The van der Waals surface area contributed by atoms with Crippen molar-refractivity contribution in [2.75, 3.05) is 0 Å². The van der Waals surface area contributed by atoms with E-state index in [1.807, 2.05) is 0 Å². The Bertz CT molecular complexity index is 361. The lowest BCUT2D eigenvalue weighted by Crippen LogP contribution is -2.28. The van der Waals surface area contributed by atoms with Crippen LogP contribution in [0.2, 0.25) is 0 Å². The first-order valence-corrected chi connectivity index (χ1v) is 5.97. The molecule has 0 spiro atoms. The van der Waals surface area contributed by atoms with Crippen molar-refractivity contribution in [1.29, 1.82) is 0 Å². The van der Waals surface area contributed by atoms with E-state index >= 15 is 0 Å². The van der Waals surface area contributed by atoms with Gasteiger partial charge in [-0.25, -0.2) is 0 Å². The van der Waals surface area contributed by atoms with Crippen molar-refractivity contribution in [2.24, 2.45) is 10.8 Å². The number of carbonyl (C=O) groups is 1. The Balaban J connectivity index is 3.24. The van der Waals surface area contributed by atoms with Gasteiger partial charge in [0.2, 0.25) is 0 Å². The molecule has 0 bridgehead atoms. The molecule has 0 aromatic rings. The molecule has 1 nitrogen and oxygen atoms in total. The van der Waals surface area contributed by atoms with Gasteiger partial charge in [-0.2, -0.15) is 0 Å². The summed E-state index contributed by atoms with van der Waals surface area (Å²) < 4.78 is 0. The van der Waals surface area contributed by atoms with Gasteiger partial charge in [0, 0.05) is 4.86 Å². The lowest BCUT2D eigenvalue weighted by atomic mass is 9.73. The van der Waals surface area contributed by atoms with Crippen LogP contribution in [0.25, 0.3) is 0 Å². The molecule has 1 rings (SSSR count). The van der Waals surface area contributed by atoms with E-state index in [4.69, 9.17) is 12.2 Å². The summed E-state index contributed by atoms with van der Waals surface area (Å²) in [7, 11) is 0. The molecule has 2 heteroatoms. The fraction of sp³-hybridized carbons (Fsp3) is 0.571. The molecule has 0 aromatic heterocycles. The van der Waals surface area contributed by atoms with E-state index in [9.17, 15) is 4.79 Å². The Labute approximate surface area is 104 Å². The molecule has 0 fully saturated rings. The van der Waals surface area contributed by atoms with Crippen LogP contribution in [0, 0.1) is 10.8 Å². The minimum absolute atomic E-state index is 0.0588. The first-order valence-electron chi connectivity index (χ1n) is 5.56. The summed E-state index contributed by atoms with van der Waals surface area (Å²) >= 11 is 5.51. The van der Waals surface area contributed by atoms with Crippen molar-refractivity contribution in [1.82, 2.24) is 0 Å². The Hall–Kier alpha value is -0.760. The third-order valence-corrected chi connectivity index (χ3v) is 3.12. The number of ketones is 1. The predicted octanol–water partition coefficient (Wildman–Crippen LogP) is 3.88. The standard InChI is InChI=1S/C14H20OS/c1-13(2,3)10-7-9(15)8-11(12(10)16)14(4,5)6/h7-8H,1-6H3. The maximum absolute atomic E-state index is 11.7. The van der Waals surface area contributed by atoms with Crippen LogP contribution in [0.5, 0.6) is 0 Å². The second-order valence-electron chi connectivity index (χ2n) is 6.35. The van der Waals surface area contributed by atoms with Gasteiger partial charge in [0.15, 0.2) is 5.78 Å². The molecule has 0 amide bonds. The molecule has 0 radical (unpaired) electrons. The van der Waals surface area contributed by atoms with Crippen LogP contribution < -0.4 is 0 Å². The van der Waals surface area contributed by atoms with Gasteiger partial charge in [0.05, 0.1) is 0 Å². The number of hydrogen-bond donors (Lipinski definition) is 0. The average Bonchev–Trinajstić information content (AvgIpc) is 2.04. The highest BCUT2D eigenvalue weighted by Crippen LogP contribution is 2.37. The summed E-state index contributed by atoms with van der Waals surface area (Å²) in [4.78, 5) is 12.6. The number of allylic oxidation sites excluding steroid dienone is 4. The monoisotopic (exact) mass is 236 g/mol. The van der Waals surface area contributed by atoms with Crippen molar-refractivity contribution in [3.63, 3.8) is 0 Å². The molecule has 0 aromatic carbocycles. The number of hydrogen-bond acceptors (Lipinski definition) is 2. The van der Waals surface area contributed by atoms with Gasteiger partial charge in [0.1, 0.15) is 0 Å². The normalized spacial score (nSPS) is 18.4. The first kappa shape index (κ1) is 13.3. The minimum atomic E-state index is -0.0719. The zero-order chi connectivity index (χ0) is 12.7. The van der Waals surface area contributed by atoms with Crippen LogP contribution in [0.15, 0.2) is 23.3 Å². The van der Waals surface area contributed by atoms with Gasteiger partial charge in [-0.15, -0.1) is 0 Å². The van der Waals surface area contributed by atoms with E-state index in [0.29, 0.717) is 0 Å². The van der Waals surface area contributed by atoms with Gasteiger partial charge in [0.25, 0.3) is 0 Å². The second kappa shape index (κ2) is 3.92. The summed E-state index contributed by atoms with van der Waals surface area (Å²) in [6.07, 6.45) is 3.36. The van der Waals surface area contributed by atoms with E-state index in [2.05, 4.69) is 41.5 Å². The SMILES string of the molecule is CC(C)(C)C1=CC(=O)C=C(C(C)(C)C)C1=S. The third-order valence-electron chi connectivity index (χ3n) is 2.68. The lowest BCUT2D eigenvalue weighted by molar-refractivity contribution is -0.110. The first-order chi connectivity index (χ1) is 7.03. The summed E-state index contributed by atoms with van der Waals surface area (Å²) in [5.41, 5.74) is 1.83. The molecule has 0 aliphatic heterocycles. The maximum Gasteiger partial charge on any atom is 0.179 e. The topological polar surface area (TPSA) is 17.1 Å². The predicted molar refractivity (Wildman–Crippen MR) is 72.7 cm³/mol. The second-order valence-corrected chi connectivity index (χ2v) is 6.76. The van der Waals surface area contributed by atoms with Gasteiger partial charge in [-0.3, -0.25) is 4.79 Å². The molecule has 0 N–H and O–H groups in total. The molecular formula is C14H20OS. The number of rotatable bonds is 0. The zero-order valence-corrected chi connectivity index (χ0v) is 11.8. The largest absolute Gasteiger partial charge is 0.290 e. The molecule has 1 aliphatic rings. The Morgan fingerprint density at radius 1 is 0.875 bits per heavy atom. The molecule has 16 heavy (non-hydrogen) atoms. The molecule has 88 valence electrons. The van der Waals surface area contributed by atoms with Gasteiger partial charge >= 0.3 is 0 Å². The molecule has 1 aliphatic carbocycles. The Kier molecular flexibility index (Phi) is 3.26.